The molecule has 0 fully saturated rings. The number of anilines is 1. The Morgan fingerprint density at radius 2 is 1.57 bits per heavy atom. The first-order valence-electron chi connectivity index (χ1n) is 13.1. The Morgan fingerprint density at radius 1 is 0.857 bits per heavy atom. The Balaban J connectivity index is 1.50. The van der Waals surface area contributed by atoms with Crippen molar-refractivity contribution < 1.29 is 22.3 Å². The van der Waals surface area contributed by atoms with Crippen molar-refractivity contribution in [3.8, 4) is 17.3 Å². The Bertz CT molecular complexity index is 1750. The third-order valence-electron chi connectivity index (χ3n) is 6.95. The Kier molecular flexibility index (Phi) is 7.32. The molecule has 6 rings (SSSR count). The minimum Gasteiger partial charge on any atom is -0.439 e. The molecule has 0 bridgehead atoms. The van der Waals surface area contributed by atoms with Crippen molar-refractivity contribution in [3.05, 3.63) is 136 Å². The number of hydrogen-bond donors (Lipinski definition) is 0. The van der Waals surface area contributed by atoms with Gasteiger partial charge in [0.05, 0.1) is 39.9 Å². The van der Waals surface area contributed by atoms with Gasteiger partial charge in [-0.15, -0.1) is 0 Å². The standard InChI is InChI=1S/C32H23BrF4N4O/c1-20-30(29-19-28(21-10-14-24(34)15-11-21)39-40(29)26-16-12-23(33)13-17-26)31(41(38-20)25-7-3-2-4-8-25)42-27-9-5-6-22(18-27)32(35,36)37/h2-18,29H,19H2,1H3. The van der Waals surface area contributed by atoms with Gasteiger partial charge in [0, 0.05) is 10.9 Å². The number of rotatable bonds is 6. The first-order valence-corrected chi connectivity index (χ1v) is 13.8. The lowest BCUT2D eigenvalue weighted by atomic mass is 9.98. The number of alkyl halides is 3. The fourth-order valence-electron chi connectivity index (χ4n) is 4.98. The Hall–Kier alpha value is -4.44. The van der Waals surface area contributed by atoms with Gasteiger partial charge in [0.15, 0.2) is 0 Å². The molecule has 0 saturated heterocycles. The van der Waals surface area contributed by atoms with E-state index in [1.54, 1.807) is 16.8 Å². The predicted octanol–water partition coefficient (Wildman–Crippen LogP) is 9.25. The zero-order valence-corrected chi connectivity index (χ0v) is 23.8. The normalized spacial score (nSPS) is 15.1. The molecule has 0 radical (unpaired) electrons. The minimum atomic E-state index is -4.53. The molecule has 0 spiro atoms. The number of hydrogen-bond acceptors (Lipinski definition) is 4. The molecule has 212 valence electrons. The molecule has 42 heavy (non-hydrogen) atoms. The second-order valence-electron chi connectivity index (χ2n) is 9.77. The van der Waals surface area contributed by atoms with E-state index >= 15 is 0 Å². The molecular weight excluding hydrogens is 612 g/mol. The molecule has 0 amide bonds. The molecule has 2 heterocycles. The van der Waals surface area contributed by atoms with Crippen LogP contribution in [-0.4, -0.2) is 15.5 Å². The highest BCUT2D eigenvalue weighted by molar-refractivity contribution is 9.10. The van der Waals surface area contributed by atoms with Crippen molar-refractivity contribution in [2.75, 3.05) is 5.01 Å². The fourth-order valence-corrected chi connectivity index (χ4v) is 5.24. The minimum absolute atomic E-state index is 0.0241. The van der Waals surface area contributed by atoms with Crippen LogP contribution in [0.4, 0.5) is 23.2 Å². The summed E-state index contributed by atoms with van der Waals surface area (Å²) in [6.07, 6.45) is -4.11. The van der Waals surface area contributed by atoms with E-state index in [9.17, 15) is 17.6 Å². The maximum Gasteiger partial charge on any atom is 0.416 e. The van der Waals surface area contributed by atoms with E-state index in [4.69, 9.17) is 14.9 Å². The van der Waals surface area contributed by atoms with Crippen molar-refractivity contribution in [2.24, 2.45) is 5.10 Å². The van der Waals surface area contributed by atoms with Gasteiger partial charge in [-0.25, -0.2) is 9.07 Å². The third-order valence-corrected chi connectivity index (χ3v) is 7.48. The van der Waals surface area contributed by atoms with E-state index < -0.39 is 17.8 Å². The second-order valence-corrected chi connectivity index (χ2v) is 10.7. The van der Waals surface area contributed by atoms with Crippen LogP contribution in [0.25, 0.3) is 5.69 Å². The molecule has 5 aromatic rings. The molecule has 1 aromatic heterocycles. The molecule has 4 aromatic carbocycles. The van der Waals surface area contributed by atoms with E-state index in [2.05, 4.69) is 15.9 Å². The van der Waals surface area contributed by atoms with E-state index in [-0.39, 0.29) is 17.4 Å². The van der Waals surface area contributed by atoms with Gasteiger partial charge in [-0.05, 0) is 79.2 Å². The van der Waals surface area contributed by atoms with Gasteiger partial charge in [0.25, 0.3) is 0 Å². The van der Waals surface area contributed by atoms with E-state index in [1.807, 2.05) is 66.5 Å². The van der Waals surface area contributed by atoms with Gasteiger partial charge in [-0.3, -0.25) is 5.01 Å². The van der Waals surface area contributed by atoms with Crippen LogP contribution >= 0.6 is 15.9 Å². The molecular formula is C32H23BrF4N4O. The highest BCUT2D eigenvalue weighted by Gasteiger charge is 2.37. The summed E-state index contributed by atoms with van der Waals surface area (Å²) in [4.78, 5) is 0. The van der Waals surface area contributed by atoms with Crippen LogP contribution in [0.1, 0.15) is 34.8 Å². The molecule has 1 unspecified atom stereocenters. The van der Waals surface area contributed by atoms with E-state index in [0.29, 0.717) is 23.4 Å². The molecule has 10 heteroatoms. The number of ether oxygens (including phenoxy) is 1. The van der Waals surface area contributed by atoms with Gasteiger partial charge in [0.1, 0.15) is 11.6 Å². The Labute approximate surface area is 247 Å². The van der Waals surface area contributed by atoms with Crippen LogP contribution in [0.3, 0.4) is 0 Å². The summed E-state index contributed by atoms with van der Waals surface area (Å²) in [5.41, 5.74) is 3.43. The molecule has 1 atom stereocenters. The highest BCUT2D eigenvalue weighted by atomic mass is 79.9. The summed E-state index contributed by atoms with van der Waals surface area (Å²) in [7, 11) is 0. The van der Waals surface area contributed by atoms with E-state index in [1.165, 1.54) is 24.3 Å². The van der Waals surface area contributed by atoms with Crippen LogP contribution in [0.5, 0.6) is 11.6 Å². The summed E-state index contributed by atoms with van der Waals surface area (Å²) in [6.45, 7) is 1.84. The zero-order chi connectivity index (χ0) is 29.4. The average Bonchev–Trinajstić information content (AvgIpc) is 3.55. The first-order chi connectivity index (χ1) is 20.2. The quantitative estimate of drug-likeness (QED) is 0.175. The maximum absolute atomic E-state index is 13.7. The van der Waals surface area contributed by atoms with E-state index in [0.717, 1.165) is 33.6 Å². The van der Waals surface area contributed by atoms with Crippen molar-refractivity contribution in [1.29, 1.82) is 0 Å². The number of hydrazone groups is 1. The van der Waals surface area contributed by atoms with Crippen LogP contribution in [-0.2, 0) is 6.18 Å². The van der Waals surface area contributed by atoms with Crippen LogP contribution < -0.4 is 9.75 Å². The Morgan fingerprint density at radius 3 is 2.26 bits per heavy atom. The largest absolute Gasteiger partial charge is 0.439 e. The SMILES string of the molecule is Cc1nn(-c2ccccc2)c(Oc2cccc(C(F)(F)F)c2)c1C1CC(c2ccc(F)cc2)=NN1c1ccc(Br)cc1. The lowest BCUT2D eigenvalue weighted by molar-refractivity contribution is -0.137. The van der Waals surface area contributed by atoms with Crippen LogP contribution in [0, 0.1) is 12.7 Å². The fraction of sp³-hybridized carbons (Fsp3) is 0.125. The van der Waals surface area contributed by atoms with Gasteiger partial charge < -0.3 is 4.74 Å². The van der Waals surface area contributed by atoms with Gasteiger partial charge >= 0.3 is 6.18 Å². The zero-order valence-electron chi connectivity index (χ0n) is 22.2. The number of aromatic nitrogens is 2. The van der Waals surface area contributed by atoms with Crippen molar-refractivity contribution in [3.63, 3.8) is 0 Å². The second kappa shape index (κ2) is 11.1. The molecule has 1 aliphatic rings. The number of para-hydroxylation sites is 1. The first kappa shape index (κ1) is 27.7. The van der Waals surface area contributed by atoms with Gasteiger partial charge in [0.2, 0.25) is 5.88 Å². The van der Waals surface area contributed by atoms with Gasteiger partial charge in [-0.1, -0.05) is 52.3 Å². The molecule has 1 aliphatic heterocycles. The summed E-state index contributed by atoms with van der Waals surface area (Å²) in [5.74, 6) is -0.0490. The summed E-state index contributed by atoms with van der Waals surface area (Å²) >= 11 is 3.48. The maximum atomic E-state index is 13.7. The molecule has 0 saturated carbocycles. The molecule has 5 nitrogen and oxygen atoms in total. The number of aryl methyl sites for hydroxylation is 1. The molecule has 0 aliphatic carbocycles. The topological polar surface area (TPSA) is 42.6 Å². The third kappa shape index (κ3) is 5.54. The summed E-state index contributed by atoms with van der Waals surface area (Å²) < 4.78 is 63.2. The predicted molar refractivity (Wildman–Crippen MR) is 157 cm³/mol. The summed E-state index contributed by atoms with van der Waals surface area (Å²) in [6, 6.07) is 27.4. The number of halogens is 5. The van der Waals surface area contributed by atoms with Crippen LogP contribution in [0.2, 0.25) is 0 Å². The highest BCUT2D eigenvalue weighted by Crippen LogP contribution is 2.44. The molecule has 0 N–H and O–H groups in total. The lowest BCUT2D eigenvalue weighted by Gasteiger charge is -2.25. The average molecular weight is 635 g/mol. The monoisotopic (exact) mass is 634 g/mol. The van der Waals surface area contributed by atoms with Gasteiger partial charge in [-0.2, -0.15) is 23.4 Å². The van der Waals surface area contributed by atoms with Crippen molar-refractivity contribution in [1.82, 2.24) is 9.78 Å². The number of benzene rings is 4. The summed E-state index contributed by atoms with van der Waals surface area (Å²) in [5, 5.41) is 11.6. The number of nitrogens with zero attached hydrogens (tertiary/aromatic N) is 4. The van der Waals surface area contributed by atoms with Crippen LogP contribution in [0.15, 0.2) is 113 Å². The van der Waals surface area contributed by atoms with Crippen molar-refractivity contribution in [2.45, 2.75) is 25.6 Å². The van der Waals surface area contributed by atoms with Crippen molar-refractivity contribution >= 4 is 27.3 Å². The lowest BCUT2D eigenvalue weighted by Crippen LogP contribution is -2.19. The smallest absolute Gasteiger partial charge is 0.416 e.